The zero-order valence-electron chi connectivity index (χ0n) is 17.1. The average molecular weight is 415 g/mol. The minimum absolute atomic E-state index is 0.355. The minimum Gasteiger partial charge on any atom is -0.383 e. The highest BCUT2D eigenvalue weighted by molar-refractivity contribution is 8.77. The van der Waals surface area contributed by atoms with Crippen molar-refractivity contribution in [3.63, 3.8) is 0 Å². The van der Waals surface area contributed by atoms with Crippen molar-refractivity contribution >= 4 is 27.5 Å². The normalized spacial score (nSPS) is 28.9. The highest BCUT2D eigenvalue weighted by Crippen LogP contribution is 2.40. The van der Waals surface area contributed by atoms with Gasteiger partial charge in [-0.2, -0.15) is 0 Å². The SMILES string of the molecule is COCCN(CC1CCCN2CCCCC12)C(=O)CCCCC1CCSS1. The number of hydrogen-bond donors (Lipinski definition) is 0. The molecule has 3 heterocycles. The first-order valence-corrected chi connectivity index (χ1v) is 13.4. The van der Waals surface area contributed by atoms with Crippen LogP contribution in [0.25, 0.3) is 0 Å². The van der Waals surface area contributed by atoms with Crippen LogP contribution < -0.4 is 0 Å². The van der Waals surface area contributed by atoms with E-state index in [-0.39, 0.29) is 0 Å². The van der Waals surface area contributed by atoms with Gasteiger partial charge in [0.05, 0.1) is 6.61 Å². The van der Waals surface area contributed by atoms with E-state index >= 15 is 0 Å². The zero-order chi connectivity index (χ0) is 18.9. The van der Waals surface area contributed by atoms with Crippen molar-refractivity contribution in [2.45, 2.75) is 75.5 Å². The summed E-state index contributed by atoms with van der Waals surface area (Å²) in [6.45, 7) is 4.89. The Morgan fingerprint density at radius 2 is 2.04 bits per heavy atom. The lowest BCUT2D eigenvalue weighted by Gasteiger charge is -2.45. The molecule has 0 spiro atoms. The summed E-state index contributed by atoms with van der Waals surface area (Å²) in [6.07, 6.45) is 12.2. The molecule has 1 amide bonds. The smallest absolute Gasteiger partial charge is 0.222 e. The Kier molecular flexibility index (Phi) is 9.64. The third-order valence-corrected chi connectivity index (χ3v) is 9.50. The summed E-state index contributed by atoms with van der Waals surface area (Å²) in [5, 5.41) is 0.828. The largest absolute Gasteiger partial charge is 0.383 e. The lowest BCUT2D eigenvalue weighted by Crippen LogP contribution is -2.52. The monoisotopic (exact) mass is 414 g/mol. The molecule has 0 aliphatic carbocycles. The molecule has 3 atom stereocenters. The van der Waals surface area contributed by atoms with E-state index in [0.717, 1.165) is 31.2 Å². The summed E-state index contributed by atoms with van der Waals surface area (Å²) >= 11 is 0. The molecule has 0 radical (unpaired) electrons. The van der Waals surface area contributed by atoms with Crippen LogP contribution in [0.1, 0.15) is 64.2 Å². The fourth-order valence-electron chi connectivity index (χ4n) is 4.96. The highest BCUT2D eigenvalue weighted by atomic mass is 33.1. The fraction of sp³-hybridized carbons (Fsp3) is 0.952. The molecule has 0 aromatic heterocycles. The van der Waals surface area contributed by atoms with Crippen LogP contribution in [0.3, 0.4) is 0 Å². The summed E-state index contributed by atoms with van der Waals surface area (Å²) in [5.41, 5.74) is 0. The molecule has 0 N–H and O–H groups in total. The van der Waals surface area contributed by atoms with E-state index in [1.807, 2.05) is 10.8 Å². The van der Waals surface area contributed by atoms with E-state index in [1.165, 1.54) is 70.2 Å². The fourth-order valence-corrected chi connectivity index (χ4v) is 7.99. The van der Waals surface area contributed by atoms with Gasteiger partial charge in [0, 0.05) is 43.7 Å². The molecular formula is C21H38N2O2S2. The van der Waals surface area contributed by atoms with E-state index in [2.05, 4.69) is 20.6 Å². The second-order valence-corrected chi connectivity index (χ2v) is 11.2. The lowest BCUT2D eigenvalue weighted by molar-refractivity contribution is -0.133. The van der Waals surface area contributed by atoms with Crippen molar-refractivity contribution < 1.29 is 9.53 Å². The summed E-state index contributed by atoms with van der Waals surface area (Å²) < 4.78 is 5.30. The third kappa shape index (κ3) is 6.83. The second-order valence-electron chi connectivity index (χ2n) is 8.41. The van der Waals surface area contributed by atoms with Crippen molar-refractivity contribution in [1.82, 2.24) is 9.80 Å². The van der Waals surface area contributed by atoms with E-state index in [1.54, 1.807) is 7.11 Å². The minimum atomic E-state index is 0.355. The van der Waals surface area contributed by atoms with Gasteiger partial charge in [-0.15, -0.1) is 0 Å². The number of piperidine rings is 2. The summed E-state index contributed by atoms with van der Waals surface area (Å²) in [6, 6.07) is 0.710. The first-order chi connectivity index (χ1) is 13.3. The van der Waals surface area contributed by atoms with Crippen molar-refractivity contribution in [1.29, 1.82) is 0 Å². The first-order valence-electron chi connectivity index (χ1n) is 11.1. The number of nitrogens with zero attached hydrogens (tertiary/aromatic N) is 2. The number of fused-ring (bicyclic) bond motifs is 1. The summed E-state index contributed by atoms with van der Waals surface area (Å²) in [7, 11) is 5.80. The van der Waals surface area contributed by atoms with Crippen LogP contribution in [0, 0.1) is 5.92 Å². The predicted octanol–water partition coefficient (Wildman–Crippen LogP) is 4.44. The van der Waals surface area contributed by atoms with E-state index in [4.69, 9.17) is 4.74 Å². The molecule has 3 saturated heterocycles. The molecule has 27 heavy (non-hydrogen) atoms. The van der Waals surface area contributed by atoms with Gasteiger partial charge in [-0.05, 0) is 64.0 Å². The van der Waals surface area contributed by atoms with E-state index in [0.29, 0.717) is 24.5 Å². The van der Waals surface area contributed by atoms with Crippen LogP contribution >= 0.6 is 21.6 Å². The Labute approximate surface area is 173 Å². The predicted molar refractivity (Wildman–Crippen MR) is 117 cm³/mol. The number of ether oxygens (including phenoxy) is 1. The van der Waals surface area contributed by atoms with Crippen LogP contribution in [-0.2, 0) is 9.53 Å². The molecule has 3 aliphatic heterocycles. The van der Waals surface area contributed by atoms with Gasteiger partial charge in [-0.25, -0.2) is 0 Å². The standard InChI is InChI=1S/C21H38N2O2S2/c1-25-15-14-23(21(24)10-3-2-8-19-11-16-26-27-19)17-18-7-6-13-22-12-5-4-9-20(18)22/h18-20H,2-17H2,1H3. The molecule has 0 bridgehead atoms. The first kappa shape index (κ1) is 21.8. The van der Waals surface area contributed by atoms with Crippen LogP contribution in [-0.4, -0.2) is 72.6 Å². The Morgan fingerprint density at radius 1 is 1.15 bits per heavy atom. The molecule has 3 rings (SSSR count). The Morgan fingerprint density at radius 3 is 2.85 bits per heavy atom. The van der Waals surface area contributed by atoms with E-state index in [9.17, 15) is 4.79 Å². The molecule has 3 aliphatic rings. The van der Waals surface area contributed by atoms with Crippen LogP contribution in [0.4, 0.5) is 0 Å². The number of methoxy groups -OCH3 is 1. The van der Waals surface area contributed by atoms with Crippen LogP contribution in [0.2, 0.25) is 0 Å². The van der Waals surface area contributed by atoms with Gasteiger partial charge in [0.1, 0.15) is 0 Å². The lowest BCUT2D eigenvalue weighted by atomic mass is 9.83. The summed E-state index contributed by atoms with van der Waals surface area (Å²) in [4.78, 5) is 17.8. The number of hydrogen-bond acceptors (Lipinski definition) is 5. The molecule has 3 unspecified atom stereocenters. The zero-order valence-corrected chi connectivity index (χ0v) is 18.7. The number of carbonyl (C=O) groups excluding carboxylic acids is 1. The van der Waals surface area contributed by atoms with Crippen molar-refractivity contribution in [2.24, 2.45) is 5.92 Å². The molecule has 0 aromatic rings. The number of unbranched alkanes of at least 4 members (excludes halogenated alkanes) is 1. The van der Waals surface area contributed by atoms with Gasteiger partial charge in [0.15, 0.2) is 0 Å². The molecule has 0 aromatic carbocycles. The third-order valence-electron chi connectivity index (χ3n) is 6.50. The second kappa shape index (κ2) is 11.9. The van der Waals surface area contributed by atoms with Gasteiger partial charge in [-0.1, -0.05) is 34.4 Å². The average Bonchev–Trinajstić information content (AvgIpc) is 3.22. The van der Waals surface area contributed by atoms with Gasteiger partial charge in [0.2, 0.25) is 5.91 Å². The Balaban J connectivity index is 1.45. The van der Waals surface area contributed by atoms with Crippen LogP contribution in [0.5, 0.6) is 0 Å². The Hall–Kier alpha value is 0.0900. The molecule has 3 fully saturated rings. The number of carbonyl (C=O) groups is 1. The summed E-state index contributed by atoms with van der Waals surface area (Å²) in [5.74, 6) is 2.32. The molecule has 6 heteroatoms. The Bertz CT molecular complexity index is 444. The number of rotatable bonds is 10. The maximum Gasteiger partial charge on any atom is 0.222 e. The number of amides is 1. The van der Waals surface area contributed by atoms with Gasteiger partial charge >= 0.3 is 0 Å². The molecule has 156 valence electrons. The van der Waals surface area contributed by atoms with Gasteiger partial charge in [-0.3, -0.25) is 4.79 Å². The highest BCUT2D eigenvalue weighted by Gasteiger charge is 2.34. The maximum absolute atomic E-state index is 12.9. The van der Waals surface area contributed by atoms with Gasteiger partial charge < -0.3 is 14.5 Å². The molecular weight excluding hydrogens is 376 g/mol. The molecule has 0 saturated carbocycles. The maximum atomic E-state index is 12.9. The topological polar surface area (TPSA) is 32.8 Å². The molecule has 4 nitrogen and oxygen atoms in total. The van der Waals surface area contributed by atoms with E-state index < -0.39 is 0 Å². The van der Waals surface area contributed by atoms with Crippen LogP contribution in [0.15, 0.2) is 0 Å². The van der Waals surface area contributed by atoms with Crippen molar-refractivity contribution in [3.05, 3.63) is 0 Å². The van der Waals surface area contributed by atoms with Gasteiger partial charge in [0.25, 0.3) is 0 Å². The quantitative estimate of drug-likeness (QED) is 0.390. The van der Waals surface area contributed by atoms with Crippen molar-refractivity contribution in [2.75, 3.05) is 45.6 Å². The van der Waals surface area contributed by atoms with Crippen molar-refractivity contribution in [3.8, 4) is 0 Å².